The van der Waals surface area contributed by atoms with Gasteiger partial charge in [0, 0.05) is 42.5 Å². The third kappa shape index (κ3) is 4.83. The zero-order chi connectivity index (χ0) is 21.8. The molecule has 1 amide bonds. The van der Waals surface area contributed by atoms with E-state index in [9.17, 15) is 13.2 Å². The Kier molecular flexibility index (Phi) is 6.15. The fourth-order valence-corrected chi connectivity index (χ4v) is 5.37. The first kappa shape index (κ1) is 21.2. The number of piperidine rings is 1. The molecule has 0 spiro atoms. The second-order valence-electron chi connectivity index (χ2n) is 7.71. The Morgan fingerprint density at radius 2 is 1.81 bits per heavy atom. The number of amides is 1. The van der Waals surface area contributed by atoms with Crippen LogP contribution in [-0.4, -0.2) is 46.9 Å². The van der Waals surface area contributed by atoms with Gasteiger partial charge in [-0.25, -0.2) is 12.7 Å². The van der Waals surface area contributed by atoms with E-state index in [2.05, 4.69) is 20.5 Å². The second-order valence-corrected chi connectivity index (χ2v) is 9.68. The minimum atomic E-state index is -3.40. The molecule has 0 bridgehead atoms. The average molecular weight is 440 g/mol. The summed E-state index contributed by atoms with van der Waals surface area (Å²) in [4.78, 5) is 16.8. The highest BCUT2D eigenvalue weighted by molar-refractivity contribution is 7.88. The van der Waals surface area contributed by atoms with Crippen LogP contribution in [-0.2, 0) is 20.6 Å². The maximum atomic E-state index is 12.8. The molecule has 1 fully saturated rings. The molecule has 3 heterocycles. The fraction of sp³-hybridized carbons (Fsp3) is 0.318. The molecule has 31 heavy (non-hydrogen) atoms. The number of carbonyl (C=O) groups is 1. The summed E-state index contributed by atoms with van der Waals surface area (Å²) in [5.41, 5.74) is 3.39. The van der Waals surface area contributed by atoms with Gasteiger partial charge in [0.15, 0.2) is 5.82 Å². The Labute approximate surface area is 181 Å². The maximum absolute atomic E-state index is 12.8. The van der Waals surface area contributed by atoms with Crippen molar-refractivity contribution in [3.05, 3.63) is 66.0 Å². The molecule has 0 atom stereocenters. The fourth-order valence-electron chi connectivity index (χ4n) is 3.81. The van der Waals surface area contributed by atoms with Crippen LogP contribution >= 0.6 is 0 Å². The first-order chi connectivity index (χ1) is 14.9. The van der Waals surface area contributed by atoms with Gasteiger partial charge in [-0.2, -0.15) is 5.10 Å². The highest BCUT2D eigenvalue weighted by Crippen LogP contribution is 2.27. The van der Waals surface area contributed by atoms with Crippen molar-refractivity contribution in [3.63, 3.8) is 0 Å². The van der Waals surface area contributed by atoms with Gasteiger partial charge in [-0.1, -0.05) is 30.3 Å². The number of sulfonamides is 1. The van der Waals surface area contributed by atoms with Gasteiger partial charge in [-0.05, 0) is 37.5 Å². The van der Waals surface area contributed by atoms with Gasteiger partial charge in [-0.3, -0.25) is 14.9 Å². The molecule has 0 radical (unpaired) electrons. The van der Waals surface area contributed by atoms with E-state index in [1.54, 1.807) is 12.4 Å². The van der Waals surface area contributed by atoms with Crippen molar-refractivity contribution < 1.29 is 13.2 Å². The summed E-state index contributed by atoms with van der Waals surface area (Å²) < 4.78 is 26.9. The Bertz CT molecular complexity index is 1140. The minimum absolute atomic E-state index is 0.0189. The van der Waals surface area contributed by atoms with Crippen molar-refractivity contribution in [2.24, 2.45) is 5.92 Å². The number of pyridine rings is 1. The number of hydrogen-bond donors (Lipinski definition) is 2. The summed E-state index contributed by atoms with van der Waals surface area (Å²) in [6, 6.07) is 12.9. The molecular weight excluding hydrogens is 414 g/mol. The number of H-pyrrole nitrogens is 1. The molecule has 1 aliphatic heterocycles. The van der Waals surface area contributed by atoms with Crippen molar-refractivity contribution in [1.29, 1.82) is 0 Å². The van der Waals surface area contributed by atoms with E-state index in [1.807, 2.05) is 49.4 Å². The number of benzene rings is 1. The van der Waals surface area contributed by atoms with Gasteiger partial charge in [0.2, 0.25) is 15.9 Å². The zero-order valence-electron chi connectivity index (χ0n) is 17.3. The van der Waals surface area contributed by atoms with Crippen LogP contribution in [0, 0.1) is 12.8 Å². The van der Waals surface area contributed by atoms with E-state index < -0.39 is 10.0 Å². The van der Waals surface area contributed by atoms with E-state index in [0.717, 1.165) is 22.4 Å². The first-order valence-corrected chi connectivity index (χ1v) is 11.8. The highest BCUT2D eigenvalue weighted by Gasteiger charge is 2.31. The normalized spacial score (nSPS) is 15.6. The van der Waals surface area contributed by atoms with Gasteiger partial charge in [0.25, 0.3) is 0 Å². The number of aromatic nitrogens is 3. The SMILES string of the molecule is Cc1c(NC(=O)C2CCN(S(=O)(=O)Cc3ccccc3)CC2)n[nH]c1-c1ccncc1. The molecule has 1 aliphatic rings. The molecule has 9 heteroatoms. The van der Waals surface area contributed by atoms with Gasteiger partial charge in [0.05, 0.1) is 11.4 Å². The standard InChI is InChI=1S/C22H25N5O3S/c1-16-20(18-7-11-23-12-8-18)25-26-21(16)24-22(28)19-9-13-27(14-10-19)31(29,30)15-17-5-3-2-4-6-17/h2-8,11-12,19H,9-10,13-15H2,1H3,(H2,24,25,26,28). The van der Waals surface area contributed by atoms with Crippen LogP contribution in [0.5, 0.6) is 0 Å². The molecular formula is C22H25N5O3S. The van der Waals surface area contributed by atoms with Gasteiger partial charge >= 0.3 is 0 Å². The number of hydrogen-bond acceptors (Lipinski definition) is 5. The maximum Gasteiger partial charge on any atom is 0.228 e. The molecule has 0 unspecified atom stereocenters. The van der Waals surface area contributed by atoms with Gasteiger partial charge in [0.1, 0.15) is 0 Å². The minimum Gasteiger partial charge on any atom is -0.309 e. The van der Waals surface area contributed by atoms with Crippen LogP contribution < -0.4 is 5.32 Å². The Balaban J connectivity index is 1.35. The second kappa shape index (κ2) is 8.99. The zero-order valence-corrected chi connectivity index (χ0v) is 18.1. The summed E-state index contributed by atoms with van der Waals surface area (Å²) in [5, 5.41) is 10.1. The number of carbonyl (C=O) groups excluding carboxylic acids is 1. The summed E-state index contributed by atoms with van der Waals surface area (Å²) in [6.45, 7) is 2.58. The van der Waals surface area contributed by atoms with Crippen LogP contribution in [0.4, 0.5) is 5.82 Å². The monoisotopic (exact) mass is 439 g/mol. The lowest BCUT2D eigenvalue weighted by Crippen LogP contribution is -2.41. The third-order valence-electron chi connectivity index (χ3n) is 5.63. The number of nitrogens with zero attached hydrogens (tertiary/aromatic N) is 3. The van der Waals surface area contributed by atoms with E-state index in [0.29, 0.717) is 31.7 Å². The number of nitrogens with one attached hydrogen (secondary N) is 2. The molecule has 2 N–H and O–H groups in total. The van der Waals surface area contributed by atoms with Gasteiger partial charge < -0.3 is 5.32 Å². The van der Waals surface area contributed by atoms with E-state index >= 15 is 0 Å². The molecule has 1 saturated heterocycles. The predicted molar refractivity (Wildman–Crippen MR) is 119 cm³/mol. The van der Waals surface area contributed by atoms with Crippen molar-refractivity contribution in [2.75, 3.05) is 18.4 Å². The van der Waals surface area contributed by atoms with Crippen molar-refractivity contribution in [3.8, 4) is 11.3 Å². The third-order valence-corrected chi connectivity index (χ3v) is 7.48. The molecule has 3 aromatic rings. The van der Waals surface area contributed by atoms with Crippen molar-refractivity contribution in [2.45, 2.75) is 25.5 Å². The summed E-state index contributed by atoms with van der Waals surface area (Å²) in [7, 11) is -3.40. The Morgan fingerprint density at radius 3 is 2.48 bits per heavy atom. The van der Waals surface area contributed by atoms with E-state index in [4.69, 9.17) is 0 Å². The summed E-state index contributed by atoms with van der Waals surface area (Å²) in [6.07, 6.45) is 4.38. The van der Waals surface area contributed by atoms with Crippen LogP contribution in [0.3, 0.4) is 0 Å². The largest absolute Gasteiger partial charge is 0.309 e. The molecule has 2 aromatic heterocycles. The molecule has 1 aromatic carbocycles. The van der Waals surface area contributed by atoms with Gasteiger partial charge in [-0.15, -0.1) is 0 Å². The number of rotatable bonds is 6. The lowest BCUT2D eigenvalue weighted by molar-refractivity contribution is -0.120. The van der Waals surface area contributed by atoms with E-state index in [1.165, 1.54) is 4.31 Å². The van der Waals surface area contributed by atoms with Crippen LogP contribution in [0.1, 0.15) is 24.0 Å². The van der Waals surface area contributed by atoms with Crippen LogP contribution in [0.2, 0.25) is 0 Å². The number of aromatic amines is 1. The molecule has 0 aliphatic carbocycles. The quantitative estimate of drug-likeness (QED) is 0.614. The lowest BCUT2D eigenvalue weighted by Gasteiger charge is -2.30. The summed E-state index contributed by atoms with van der Waals surface area (Å²) >= 11 is 0. The summed E-state index contributed by atoms with van der Waals surface area (Å²) in [5.74, 6) is 0.102. The van der Waals surface area contributed by atoms with Crippen LogP contribution in [0.25, 0.3) is 11.3 Å². The smallest absolute Gasteiger partial charge is 0.228 e. The first-order valence-electron chi connectivity index (χ1n) is 10.2. The number of anilines is 1. The lowest BCUT2D eigenvalue weighted by atomic mass is 9.97. The average Bonchev–Trinajstić information content (AvgIpc) is 3.15. The molecule has 8 nitrogen and oxygen atoms in total. The van der Waals surface area contributed by atoms with Crippen LogP contribution in [0.15, 0.2) is 54.9 Å². The molecule has 162 valence electrons. The topological polar surface area (TPSA) is 108 Å². The predicted octanol–water partition coefficient (Wildman–Crippen LogP) is 2.96. The van der Waals surface area contributed by atoms with Crippen molar-refractivity contribution in [1.82, 2.24) is 19.5 Å². The Morgan fingerprint density at radius 1 is 1.13 bits per heavy atom. The van der Waals surface area contributed by atoms with E-state index in [-0.39, 0.29) is 17.6 Å². The highest BCUT2D eigenvalue weighted by atomic mass is 32.2. The molecule has 4 rings (SSSR count). The molecule has 0 saturated carbocycles. The van der Waals surface area contributed by atoms with Crippen molar-refractivity contribution >= 4 is 21.7 Å². The Hall–Kier alpha value is -3.04.